The molecule has 0 unspecified atom stereocenters. The van der Waals surface area contributed by atoms with Gasteiger partial charge in [-0.15, -0.1) is 0 Å². The van der Waals surface area contributed by atoms with Crippen LogP contribution < -0.4 is 10.2 Å². The van der Waals surface area contributed by atoms with Crippen molar-refractivity contribution in [2.75, 3.05) is 11.4 Å². The van der Waals surface area contributed by atoms with Crippen molar-refractivity contribution in [3.63, 3.8) is 0 Å². The normalized spacial score (nSPS) is 14.1. The summed E-state index contributed by atoms with van der Waals surface area (Å²) in [4.78, 5) is 25.8. The molecule has 1 aliphatic heterocycles. The number of aromatic nitrogens is 2. The van der Waals surface area contributed by atoms with Crippen molar-refractivity contribution in [1.82, 2.24) is 15.1 Å². The average molecular weight is 493 g/mol. The van der Waals surface area contributed by atoms with Crippen LogP contribution in [0.3, 0.4) is 0 Å². The fourth-order valence-electron chi connectivity index (χ4n) is 3.91. The number of carbonyl (C=O) groups excluding carboxylic acids is 1. The van der Waals surface area contributed by atoms with Gasteiger partial charge in [0.15, 0.2) is 5.69 Å². The van der Waals surface area contributed by atoms with E-state index in [9.17, 15) is 22.8 Å². The maximum absolute atomic E-state index is 13.8. The van der Waals surface area contributed by atoms with Crippen LogP contribution >= 0.6 is 11.6 Å². The van der Waals surface area contributed by atoms with Crippen LogP contribution in [-0.2, 0) is 19.3 Å². The predicted octanol–water partition coefficient (Wildman–Crippen LogP) is 4.76. The Bertz CT molecular complexity index is 1240. The number of carbonyl (C=O) groups is 2. The van der Waals surface area contributed by atoms with E-state index < -0.39 is 35.4 Å². The van der Waals surface area contributed by atoms with E-state index in [0.717, 1.165) is 0 Å². The molecule has 0 bridgehead atoms. The topological polar surface area (TPSA) is 87.5 Å². The molecule has 178 valence electrons. The number of alkyl halides is 3. The van der Waals surface area contributed by atoms with Gasteiger partial charge in [-0.2, -0.15) is 18.3 Å². The largest absolute Gasteiger partial charge is 0.478 e. The number of anilines is 1. The highest BCUT2D eigenvalue weighted by Gasteiger charge is 2.44. The van der Waals surface area contributed by atoms with Crippen molar-refractivity contribution in [2.45, 2.75) is 32.2 Å². The van der Waals surface area contributed by atoms with Gasteiger partial charge in [-0.3, -0.25) is 4.79 Å². The summed E-state index contributed by atoms with van der Waals surface area (Å²) < 4.78 is 42.6. The molecule has 11 heteroatoms. The lowest BCUT2D eigenvalue weighted by Gasteiger charge is -2.21. The summed E-state index contributed by atoms with van der Waals surface area (Å²) in [7, 11) is 0. The van der Waals surface area contributed by atoms with E-state index in [1.807, 2.05) is 0 Å². The monoisotopic (exact) mass is 492 g/mol. The molecule has 4 rings (SSSR count). The zero-order valence-corrected chi connectivity index (χ0v) is 18.7. The van der Waals surface area contributed by atoms with Gasteiger partial charge in [-0.05, 0) is 36.2 Å². The van der Waals surface area contributed by atoms with Crippen LogP contribution in [0.4, 0.5) is 19.0 Å². The van der Waals surface area contributed by atoms with Gasteiger partial charge in [0.05, 0.1) is 18.2 Å². The minimum Gasteiger partial charge on any atom is -0.478 e. The molecular weight excluding hydrogens is 473 g/mol. The first-order chi connectivity index (χ1) is 16.1. The van der Waals surface area contributed by atoms with E-state index >= 15 is 0 Å². The van der Waals surface area contributed by atoms with E-state index in [-0.39, 0.29) is 24.5 Å². The maximum Gasteiger partial charge on any atom is 0.436 e. The third-order valence-corrected chi connectivity index (χ3v) is 6.00. The molecule has 1 amide bonds. The van der Waals surface area contributed by atoms with Crippen molar-refractivity contribution in [3.05, 3.63) is 81.5 Å². The lowest BCUT2D eigenvalue weighted by Crippen LogP contribution is -2.31. The van der Waals surface area contributed by atoms with Gasteiger partial charge in [-0.1, -0.05) is 41.9 Å². The Kier molecular flexibility index (Phi) is 6.26. The molecule has 1 aliphatic rings. The molecule has 34 heavy (non-hydrogen) atoms. The molecule has 2 heterocycles. The van der Waals surface area contributed by atoms with Crippen LogP contribution in [0.1, 0.15) is 50.5 Å². The molecule has 0 saturated carbocycles. The van der Waals surface area contributed by atoms with Crippen molar-refractivity contribution in [2.24, 2.45) is 0 Å². The van der Waals surface area contributed by atoms with Crippen LogP contribution in [0.25, 0.3) is 0 Å². The number of benzene rings is 2. The molecule has 0 radical (unpaired) electrons. The third-order valence-electron chi connectivity index (χ3n) is 5.63. The number of nitrogens with zero attached hydrogens (tertiary/aromatic N) is 3. The molecule has 1 atom stereocenters. The summed E-state index contributed by atoms with van der Waals surface area (Å²) in [5.41, 5.74) is -0.482. The highest BCUT2D eigenvalue weighted by atomic mass is 35.5. The standard InChI is InChI=1S/C23H20ClF3N4O3/c1-13(14-6-8-15(9-7-14)22(33)34)28-20(32)18-19(23(25,26)27)29-31-11-10-30(21(18)31)12-16-4-2-3-5-17(16)24/h2-9,13H,10-12H2,1H3,(H,28,32)(H,33,34)/t13-/m0/s1. The zero-order chi connectivity index (χ0) is 24.6. The molecule has 0 spiro atoms. The second-order valence-corrected chi connectivity index (χ2v) is 8.31. The number of hydrogen-bond donors (Lipinski definition) is 2. The maximum atomic E-state index is 13.8. The van der Waals surface area contributed by atoms with E-state index in [0.29, 0.717) is 22.7 Å². The summed E-state index contributed by atoms with van der Waals surface area (Å²) in [5, 5.41) is 15.8. The molecule has 3 aromatic rings. The van der Waals surface area contributed by atoms with Crippen LogP contribution in [0.2, 0.25) is 5.02 Å². The minimum absolute atomic E-state index is 0.0614. The third kappa shape index (κ3) is 4.58. The highest BCUT2D eigenvalue weighted by Crippen LogP contribution is 2.39. The van der Waals surface area contributed by atoms with Gasteiger partial charge in [-0.25, -0.2) is 9.48 Å². The van der Waals surface area contributed by atoms with E-state index in [2.05, 4.69) is 10.4 Å². The number of carboxylic acids is 1. The van der Waals surface area contributed by atoms with Crippen LogP contribution in [0, 0.1) is 0 Å². The van der Waals surface area contributed by atoms with Gasteiger partial charge in [0.1, 0.15) is 11.4 Å². The molecule has 0 saturated heterocycles. The number of carboxylic acid groups (broad SMARTS) is 1. The smallest absolute Gasteiger partial charge is 0.436 e. The first kappa shape index (κ1) is 23.6. The van der Waals surface area contributed by atoms with E-state index in [1.54, 1.807) is 36.1 Å². The van der Waals surface area contributed by atoms with Gasteiger partial charge in [0.25, 0.3) is 5.91 Å². The molecule has 0 aliphatic carbocycles. The number of amides is 1. The van der Waals surface area contributed by atoms with E-state index in [4.69, 9.17) is 16.7 Å². The molecule has 0 fully saturated rings. The Morgan fingerprint density at radius 3 is 2.44 bits per heavy atom. The van der Waals surface area contributed by atoms with Crippen LogP contribution in [0.5, 0.6) is 0 Å². The van der Waals surface area contributed by atoms with Gasteiger partial charge in [0.2, 0.25) is 0 Å². The predicted molar refractivity (Wildman–Crippen MR) is 119 cm³/mol. The molecule has 1 aromatic heterocycles. The molecule has 2 aromatic carbocycles. The number of nitrogens with one attached hydrogen (secondary N) is 1. The Balaban J connectivity index is 1.65. The fraction of sp³-hybridized carbons (Fsp3) is 0.261. The summed E-state index contributed by atoms with van der Waals surface area (Å²) in [6.45, 7) is 2.39. The number of fused-ring (bicyclic) bond motifs is 1. The summed E-state index contributed by atoms with van der Waals surface area (Å²) in [6.07, 6.45) is -4.83. The van der Waals surface area contributed by atoms with E-state index in [1.165, 1.54) is 28.9 Å². The summed E-state index contributed by atoms with van der Waals surface area (Å²) in [6, 6.07) is 12.1. The van der Waals surface area contributed by atoms with Gasteiger partial charge >= 0.3 is 12.1 Å². The van der Waals surface area contributed by atoms with Crippen molar-refractivity contribution in [3.8, 4) is 0 Å². The second kappa shape index (κ2) is 9.02. The lowest BCUT2D eigenvalue weighted by molar-refractivity contribution is -0.141. The molecule has 7 nitrogen and oxygen atoms in total. The first-order valence-electron chi connectivity index (χ1n) is 10.4. The minimum atomic E-state index is -4.83. The summed E-state index contributed by atoms with van der Waals surface area (Å²) >= 11 is 6.23. The number of hydrogen-bond acceptors (Lipinski definition) is 4. The Hall–Kier alpha value is -3.53. The highest BCUT2D eigenvalue weighted by molar-refractivity contribution is 6.31. The zero-order valence-electron chi connectivity index (χ0n) is 17.9. The number of halogens is 4. The number of aromatic carboxylic acids is 1. The fourth-order valence-corrected chi connectivity index (χ4v) is 4.11. The Morgan fingerprint density at radius 2 is 1.82 bits per heavy atom. The van der Waals surface area contributed by atoms with Gasteiger partial charge < -0.3 is 15.3 Å². The lowest BCUT2D eigenvalue weighted by atomic mass is 10.1. The average Bonchev–Trinajstić information content (AvgIpc) is 3.35. The second-order valence-electron chi connectivity index (χ2n) is 7.90. The van der Waals surface area contributed by atoms with Gasteiger partial charge in [0, 0.05) is 18.1 Å². The molecule has 2 N–H and O–H groups in total. The molecular formula is C23H20ClF3N4O3. The van der Waals surface area contributed by atoms with Crippen molar-refractivity contribution >= 4 is 29.3 Å². The summed E-state index contributed by atoms with van der Waals surface area (Å²) in [5.74, 6) is -1.94. The van der Waals surface area contributed by atoms with Crippen LogP contribution in [-0.4, -0.2) is 33.3 Å². The first-order valence-corrected chi connectivity index (χ1v) is 10.7. The Morgan fingerprint density at radius 1 is 1.15 bits per heavy atom. The SMILES string of the molecule is C[C@H](NC(=O)c1c(C(F)(F)F)nn2c1N(Cc1ccccc1Cl)CC2)c1ccc(C(=O)O)cc1. The van der Waals surface area contributed by atoms with Crippen molar-refractivity contribution < 1.29 is 27.9 Å². The number of rotatable bonds is 6. The van der Waals surface area contributed by atoms with Crippen molar-refractivity contribution in [1.29, 1.82) is 0 Å². The quantitative estimate of drug-likeness (QED) is 0.518. The Labute approximate surface area is 197 Å². The van der Waals surface area contributed by atoms with Crippen LogP contribution in [0.15, 0.2) is 48.5 Å².